The third kappa shape index (κ3) is 4.18. The zero-order chi connectivity index (χ0) is 16.2. The molecule has 0 bridgehead atoms. The van der Waals surface area contributed by atoms with Gasteiger partial charge in [-0.3, -0.25) is 4.79 Å². The number of carbonyl (C=O) groups excluding carboxylic acids is 1. The molecule has 1 saturated heterocycles. The second kappa shape index (κ2) is 7.23. The number of aliphatic hydroxyl groups excluding tert-OH is 1. The lowest BCUT2D eigenvalue weighted by Crippen LogP contribution is -2.30. The van der Waals surface area contributed by atoms with Crippen molar-refractivity contribution in [1.29, 1.82) is 0 Å². The van der Waals surface area contributed by atoms with Crippen molar-refractivity contribution in [3.05, 3.63) is 51.5 Å². The lowest BCUT2D eigenvalue weighted by Gasteiger charge is -2.16. The van der Waals surface area contributed by atoms with Crippen LogP contribution in [0.2, 0.25) is 0 Å². The molecule has 2 heterocycles. The van der Waals surface area contributed by atoms with Gasteiger partial charge in [-0.25, -0.2) is 4.98 Å². The van der Waals surface area contributed by atoms with Crippen LogP contribution in [0.15, 0.2) is 29.6 Å². The van der Waals surface area contributed by atoms with Crippen molar-refractivity contribution in [3.8, 4) is 0 Å². The minimum absolute atomic E-state index is 0.0854. The fourth-order valence-electron chi connectivity index (χ4n) is 3.10. The van der Waals surface area contributed by atoms with Crippen LogP contribution in [0.5, 0.6) is 0 Å². The summed E-state index contributed by atoms with van der Waals surface area (Å²) in [6.45, 7) is 3.74. The molecule has 5 heteroatoms. The summed E-state index contributed by atoms with van der Waals surface area (Å²) in [4.78, 5) is 18.7. The highest BCUT2D eigenvalue weighted by Crippen LogP contribution is 2.22. The molecule has 0 radical (unpaired) electrons. The van der Waals surface area contributed by atoms with E-state index in [1.165, 1.54) is 5.56 Å². The Labute approximate surface area is 140 Å². The number of amides is 1. The number of hydrogen-bond acceptors (Lipinski definition) is 4. The van der Waals surface area contributed by atoms with Gasteiger partial charge in [0.2, 0.25) is 5.91 Å². The second-order valence-corrected chi connectivity index (χ2v) is 7.27. The number of aliphatic hydroxyl groups is 1. The number of hydrogen-bond donors (Lipinski definition) is 1. The highest BCUT2D eigenvalue weighted by Gasteiger charge is 2.26. The number of thiazole rings is 1. The van der Waals surface area contributed by atoms with Crippen molar-refractivity contribution < 1.29 is 9.90 Å². The minimum atomic E-state index is 0.0854. The highest BCUT2D eigenvalue weighted by molar-refractivity contribution is 7.09. The number of likely N-dealkylation sites (tertiary alicyclic amines) is 1. The van der Waals surface area contributed by atoms with Gasteiger partial charge in [0.15, 0.2) is 0 Å². The predicted molar refractivity (Wildman–Crippen MR) is 91.3 cm³/mol. The Balaban J connectivity index is 1.52. The van der Waals surface area contributed by atoms with E-state index < -0.39 is 0 Å². The van der Waals surface area contributed by atoms with E-state index in [-0.39, 0.29) is 12.5 Å². The summed E-state index contributed by atoms with van der Waals surface area (Å²) in [6.07, 6.45) is 2.47. The molecular formula is C18H22N2O2S. The summed E-state index contributed by atoms with van der Waals surface area (Å²) < 4.78 is 0. The minimum Gasteiger partial charge on any atom is -0.392 e. The Bertz CT molecular complexity index is 666. The van der Waals surface area contributed by atoms with E-state index in [1.807, 2.05) is 29.3 Å². The molecule has 1 fully saturated rings. The van der Waals surface area contributed by atoms with Crippen LogP contribution in [0, 0.1) is 12.8 Å². The quantitative estimate of drug-likeness (QED) is 0.917. The second-order valence-electron chi connectivity index (χ2n) is 6.21. The van der Waals surface area contributed by atoms with Crippen LogP contribution in [0.3, 0.4) is 0 Å². The average molecular weight is 330 g/mol. The van der Waals surface area contributed by atoms with E-state index >= 15 is 0 Å². The van der Waals surface area contributed by atoms with E-state index in [0.29, 0.717) is 12.3 Å². The van der Waals surface area contributed by atoms with Gasteiger partial charge in [0.25, 0.3) is 0 Å². The number of nitrogens with zero attached hydrogens (tertiary/aromatic N) is 2. The molecule has 1 aromatic heterocycles. The standard InChI is InChI=1S/C18H22N2O2S/c1-13-19-17(12-23-13)9-18(22)20-7-6-16(10-20)8-14-2-4-15(11-21)5-3-14/h2-5,12,16,21H,6-11H2,1H3. The van der Waals surface area contributed by atoms with Crippen LogP contribution in [-0.2, 0) is 24.2 Å². The van der Waals surface area contributed by atoms with Gasteiger partial charge >= 0.3 is 0 Å². The molecule has 0 spiro atoms. The van der Waals surface area contributed by atoms with Crippen molar-refractivity contribution >= 4 is 17.2 Å². The maximum Gasteiger partial charge on any atom is 0.228 e. The topological polar surface area (TPSA) is 53.4 Å². The van der Waals surface area contributed by atoms with Gasteiger partial charge in [-0.15, -0.1) is 11.3 Å². The van der Waals surface area contributed by atoms with Crippen LogP contribution in [0.1, 0.15) is 28.2 Å². The average Bonchev–Trinajstić information content (AvgIpc) is 3.17. The summed E-state index contributed by atoms with van der Waals surface area (Å²) in [7, 11) is 0. The summed E-state index contributed by atoms with van der Waals surface area (Å²) in [5, 5.41) is 12.1. The monoisotopic (exact) mass is 330 g/mol. The van der Waals surface area contributed by atoms with Gasteiger partial charge < -0.3 is 10.0 Å². The molecule has 2 aromatic rings. The molecule has 1 unspecified atom stereocenters. The lowest BCUT2D eigenvalue weighted by atomic mass is 9.98. The SMILES string of the molecule is Cc1nc(CC(=O)N2CCC(Cc3ccc(CO)cc3)C2)cs1. The Hall–Kier alpha value is -1.72. The van der Waals surface area contributed by atoms with Crippen LogP contribution >= 0.6 is 11.3 Å². The molecule has 0 aliphatic carbocycles. The van der Waals surface area contributed by atoms with Crippen LogP contribution < -0.4 is 0 Å². The van der Waals surface area contributed by atoms with Crippen molar-refractivity contribution in [2.24, 2.45) is 5.92 Å². The van der Waals surface area contributed by atoms with Crippen molar-refractivity contribution in [3.63, 3.8) is 0 Å². The van der Waals surface area contributed by atoms with Gasteiger partial charge in [0.1, 0.15) is 0 Å². The number of aryl methyl sites for hydroxylation is 1. The maximum absolute atomic E-state index is 12.4. The van der Waals surface area contributed by atoms with E-state index in [9.17, 15) is 4.79 Å². The fourth-order valence-corrected chi connectivity index (χ4v) is 3.71. The molecule has 23 heavy (non-hydrogen) atoms. The largest absolute Gasteiger partial charge is 0.392 e. The van der Waals surface area contributed by atoms with Gasteiger partial charge in [0, 0.05) is 18.5 Å². The van der Waals surface area contributed by atoms with Crippen molar-refractivity contribution in [2.45, 2.75) is 32.8 Å². The van der Waals surface area contributed by atoms with E-state index in [1.54, 1.807) is 11.3 Å². The highest BCUT2D eigenvalue weighted by atomic mass is 32.1. The molecule has 4 nitrogen and oxygen atoms in total. The van der Waals surface area contributed by atoms with Gasteiger partial charge in [0.05, 0.1) is 23.7 Å². The molecule has 122 valence electrons. The Morgan fingerprint density at radius 1 is 1.35 bits per heavy atom. The smallest absolute Gasteiger partial charge is 0.228 e. The Kier molecular flexibility index (Phi) is 5.08. The Morgan fingerprint density at radius 3 is 2.74 bits per heavy atom. The third-order valence-electron chi connectivity index (χ3n) is 4.37. The molecule has 3 rings (SSSR count). The molecule has 1 atom stereocenters. The number of carbonyl (C=O) groups is 1. The first kappa shape index (κ1) is 16.1. The zero-order valence-corrected chi connectivity index (χ0v) is 14.2. The molecule has 1 N–H and O–H groups in total. The summed E-state index contributed by atoms with van der Waals surface area (Å²) in [6, 6.07) is 8.09. The van der Waals surface area contributed by atoms with E-state index in [2.05, 4.69) is 17.1 Å². The molecule has 1 aliphatic rings. The first-order chi connectivity index (χ1) is 11.1. The molecule has 1 aliphatic heterocycles. The maximum atomic E-state index is 12.4. The van der Waals surface area contributed by atoms with Crippen molar-refractivity contribution in [2.75, 3.05) is 13.1 Å². The third-order valence-corrected chi connectivity index (χ3v) is 5.19. The van der Waals surface area contributed by atoms with Crippen LogP contribution in [-0.4, -0.2) is 34.0 Å². The molecule has 0 saturated carbocycles. The first-order valence-electron chi connectivity index (χ1n) is 8.01. The van der Waals surface area contributed by atoms with Gasteiger partial charge in [-0.1, -0.05) is 24.3 Å². The predicted octanol–water partition coefficient (Wildman–Crippen LogP) is 2.58. The zero-order valence-electron chi connectivity index (χ0n) is 13.4. The van der Waals surface area contributed by atoms with Gasteiger partial charge in [-0.2, -0.15) is 0 Å². The van der Waals surface area contributed by atoms with Crippen molar-refractivity contribution in [1.82, 2.24) is 9.88 Å². The number of aromatic nitrogens is 1. The first-order valence-corrected chi connectivity index (χ1v) is 8.89. The molecular weight excluding hydrogens is 308 g/mol. The summed E-state index contributed by atoms with van der Waals surface area (Å²) in [5.74, 6) is 0.713. The molecule has 1 aromatic carbocycles. The van der Waals surface area contributed by atoms with Crippen LogP contribution in [0.25, 0.3) is 0 Å². The van der Waals surface area contributed by atoms with Gasteiger partial charge in [-0.05, 0) is 36.8 Å². The Morgan fingerprint density at radius 2 is 2.09 bits per heavy atom. The summed E-state index contributed by atoms with van der Waals surface area (Å²) >= 11 is 1.59. The molecule has 1 amide bonds. The lowest BCUT2D eigenvalue weighted by molar-refractivity contribution is -0.129. The normalized spacial score (nSPS) is 17.7. The van der Waals surface area contributed by atoms with E-state index in [4.69, 9.17) is 5.11 Å². The summed E-state index contributed by atoms with van der Waals surface area (Å²) in [5.41, 5.74) is 3.10. The number of benzene rings is 1. The van der Waals surface area contributed by atoms with Crippen LogP contribution in [0.4, 0.5) is 0 Å². The number of rotatable bonds is 5. The fraction of sp³-hybridized carbons (Fsp3) is 0.444. The van der Waals surface area contributed by atoms with E-state index in [0.717, 1.165) is 42.2 Å².